The van der Waals surface area contributed by atoms with Crippen molar-refractivity contribution in [2.75, 3.05) is 19.8 Å². The Balaban J connectivity index is 0.000000572. The Kier molecular flexibility index (Phi) is 67.3. The van der Waals surface area contributed by atoms with E-state index in [2.05, 4.69) is 154 Å². The standard InChI is InChI=1S/C23H27ClN4OS.C13H20N2OS.C12H12O4.C11H9ClN2O.C11H10N2O.C10H8BrClN2.C10H9ClN2O.C8H8O.C6H10O4.Al.Br3P.HI.Li.H4N2.H/c1-2-17-18(13-15-9-5-3-6-10-15)25-23(26-22(17)29)30-14-19-20(24)21(28-27-19)16-11-7-4-8-12-16;1-2-10-11(14-13(17)15-12(10)16)8-9-6-4-3-5-7-9;1-2-16-12(15)11(14)8-10(13)9-6-4-3-5-7-9;1-7(15)10-9(12)11(14-13-10)8-5-3-2-4-6-8;1-8(14)10-7-11(13-12-10)9-5-3-2-4-6-9;11-6-8-9(12)10(14-13-8)7-4-2-1-3-5-7;11-9-8(6-14)12-13-10(9)7-4-2-1-3-5-7;1-7(9)8-5-3-2-4-6-8;1-3-9-5(7)6(8)10-4-2;;1-4(2)3;;;1-2;/h4,7-8,11-12,15H,2-3,5-6,9-10,13-14H2,1H3,(H,27,28)(H,25,26,29);9H,2-8H2,1H3,(H2,14,15,16,17);3-7H,2,8H2,1H3;2-6H,1H3,(H,13,14);2-7H,1H3,(H,12,13);1-5H,6H2,(H,13,14);1-5,14H,6H2,(H,12,13);2-6H,1H3;3-4H2,1-2H3;;;1H;;1-2H2;/q;;;;;;;;;;;;+1;;-1/p-1. The van der Waals surface area contributed by atoms with E-state index in [1.165, 1.54) is 89.8 Å². The molecule has 0 amide bonds. The Morgan fingerprint density at radius 1 is 0.466 bits per heavy atom. The maximum Gasteiger partial charge on any atom is 1.00 e. The fourth-order valence-electron chi connectivity index (χ4n) is 14.3. The average Bonchev–Trinajstić information content (AvgIpc) is 1.72. The minimum Gasteiger partial charge on any atom is -1.00 e. The maximum atomic E-state index is 12.6. The first-order valence-electron chi connectivity index (χ1n) is 46.2. The van der Waals surface area contributed by atoms with E-state index in [1.807, 2.05) is 196 Å². The van der Waals surface area contributed by atoms with E-state index in [9.17, 15) is 47.9 Å². The number of H-pyrrole nitrogens is 8. The number of aliphatic hydroxyl groups is 1. The van der Waals surface area contributed by atoms with E-state index >= 15 is 0 Å². The number of nitrogens with one attached hydrogen (secondary N) is 8. The predicted octanol–water partition coefficient (Wildman–Crippen LogP) is 19.3. The zero-order chi connectivity index (χ0) is 106. The zero-order valence-electron chi connectivity index (χ0n) is 84.1. The molecule has 7 heterocycles. The van der Waals surface area contributed by atoms with Gasteiger partial charge in [-0.25, -0.2) is 19.4 Å². The van der Waals surface area contributed by atoms with Crippen molar-refractivity contribution in [3.63, 3.8) is 0 Å². The van der Waals surface area contributed by atoms with E-state index in [0.29, 0.717) is 87.5 Å². The molecule has 2 saturated carbocycles. The van der Waals surface area contributed by atoms with Gasteiger partial charge in [-0.2, -0.15) is 25.5 Å². The van der Waals surface area contributed by atoms with Crippen LogP contribution in [0.25, 0.3) is 56.3 Å². The van der Waals surface area contributed by atoms with Gasteiger partial charge in [0.2, 0.25) is 5.78 Å². The summed E-state index contributed by atoms with van der Waals surface area (Å²) in [5.41, 5.74) is 16.6. The van der Waals surface area contributed by atoms with Crippen LogP contribution in [0.15, 0.2) is 233 Å². The Labute approximate surface area is 964 Å². The molecule has 3 radical (unpaired) electrons. The number of aromatic amines is 8. The molecule has 16 rings (SSSR count). The SMILES string of the molecule is BrP(Br)Br.CC(=O)c1[nH]nc(-c2ccccc2)c1Cl.CC(=O)c1cc(-c2ccccc2)n[nH]1.CC(=O)c1ccccc1.CCOC(=O)C(=O)CC(=O)c1ccccc1.CCOC(=O)C(=O)OCC.CCc1c(CC2CCCCC2)[nH]c(=S)[nH]c1=O.CCc1c(CC2CCCCC2)nc(SCc2[nH]nc(-c3ccccc3)c2Cl)[nH]c1=O.Clc1c(-c2ccccc2)n[nH]c1CBr.NN.OCc1[nH]nc(-c2ccccc2)c1Cl.[Al].[H-].[I-].[Li+]. The number of aromatic nitrogens is 14. The summed E-state index contributed by atoms with van der Waals surface area (Å²) in [4.78, 5) is 126. The summed E-state index contributed by atoms with van der Waals surface area (Å²) in [7, 11) is 0. The fourth-order valence-corrected chi connectivity index (χ4v) is 17.1. The van der Waals surface area contributed by atoms with Crippen molar-refractivity contribution in [2.45, 2.75) is 175 Å². The number of Topliss-reactive ketones (excluding diaryl/α,β-unsaturated/α-hetero) is 5. The van der Waals surface area contributed by atoms with Crippen molar-refractivity contribution in [1.29, 1.82) is 0 Å². The molecule has 7 aromatic carbocycles. The van der Waals surface area contributed by atoms with E-state index in [1.54, 1.807) is 64.1 Å². The minimum absolute atomic E-state index is 0. The average molecular weight is 2530 g/mol. The number of alkyl halides is 1. The van der Waals surface area contributed by atoms with Crippen LogP contribution in [-0.4, -0.2) is 160 Å². The number of thioether (sulfide) groups is 1. The molecule has 13 N–H and O–H groups in total. The molecule has 0 bridgehead atoms. The monoisotopic (exact) mass is 2530 g/mol. The Hall–Kier alpha value is -9.07. The van der Waals surface area contributed by atoms with Crippen LogP contribution in [-0.2, 0) is 76.8 Å². The molecule has 0 aliphatic heterocycles. The second-order valence-corrected chi connectivity index (χ2v) is 50.3. The van der Waals surface area contributed by atoms with Crippen LogP contribution in [0.5, 0.6) is 0 Å². The number of benzene rings is 7. The molecule has 2 fully saturated rings. The summed E-state index contributed by atoms with van der Waals surface area (Å²) in [6.45, 7) is 13.8. The summed E-state index contributed by atoms with van der Waals surface area (Å²) < 4.78 is 13.5. The molecule has 0 spiro atoms. The third-order valence-corrected chi connectivity index (χ3v) is 24.7. The van der Waals surface area contributed by atoms with Crippen molar-refractivity contribution in [1.82, 2.24) is 70.9 Å². The number of ketones is 5. The van der Waals surface area contributed by atoms with Gasteiger partial charge in [0.15, 0.2) is 33.1 Å². The van der Waals surface area contributed by atoms with Gasteiger partial charge in [-0.1, -0.05) is 364 Å². The van der Waals surface area contributed by atoms with Gasteiger partial charge in [0, 0.05) is 98.1 Å². The molecule has 0 unspecified atom stereocenters. The topological polar surface area (TPSA) is 474 Å². The second-order valence-electron chi connectivity index (χ2n) is 31.5. The van der Waals surface area contributed by atoms with Crippen molar-refractivity contribution in [3.05, 3.63) is 326 Å². The maximum absolute atomic E-state index is 12.6. The number of aliphatic hydroxyl groups excluding tert-OH is 1. The van der Waals surface area contributed by atoms with Crippen molar-refractivity contribution in [2.24, 2.45) is 23.5 Å². The molecule has 0 atom stereocenters. The summed E-state index contributed by atoms with van der Waals surface area (Å²) in [5, 5.41) is 47.1. The number of hydrogen-bond donors (Lipinski definition) is 11. The number of nitrogens with zero attached hydrogens (tertiary/aromatic N) is 6. The van der Waals surface area contributed by atoms with Gasteiger partial charge < -0.3 is 54.7 Å². The molecular formula is C104H118AlBr4Cl4ILiN16O14PS2-. The first-order chi connectivity index (χ1) is 69.9. The van der Waals surface area contributed by atoms with E-state index in [4.69, 9.17) is 68.7 Å². The number of halogens is 9. The molecule has 14 aromatic rings. The van der Waals surface area contributed by atoms with Crippen molar-refractivity contribution in [3.8, 4) is 56.3 Å². The fraction of sp³-hybridized carbons (Fsp3) is 0.298. The van der Waals surface area contributed by atoms with Crippen molar-refractivity contribution >= 4 is 201 Å². The van der Waals surface area contributed by atoms with Gasteiger partial charge in [-0.3, -0.25) is 75.7 Å². The summed E-state index contributed by atoms with van der Waals surface area (Å²) in [6.07, 6.45) is 15.9. The molecule has 0 saturated heterocycles. The number of carbonyl (C=O) groups excluding carboxylic acids is 8. The zero-order valence-corrected chi connectivity index (χ0v) is 98.3. The number of rotatable bonds is 26. The molecule has 7 aromatic heterocycles. The van der Waals surface area contributed by atoms with Gasteiger partial charge in [0.25, 0.3) is 11.1 Å². The number of hydrazine groups is 1. The molecule has 44 heteroatoms. The molecule has 30 nitrogen and oxygen atoms in total. The first kappa shape index (κ1) is 133. The first-order valence-corrected chi connectivity index (χ1v) is 57.6. The Bertz CT molecular complexity index is 6440. The summed E-state index contributed by atoms with van der Waals surface area (Å²) in [5.74, 6) is 5.95. The largest absolute Gasteiger partial charge is 1.00 e. The van der Waals surface area contributed by atoms with E-state index in [-0.39, 0.29) is 126 Å². The van der Waals surface area contributed by atoms with Gasteiger partial charge in [-0.05, 0) is 130 Å². The Morgan fingerprint density at radius 3 is 1.21 bits per heavy atom. The second kappa shape index (κ2) is 74.8. The van der Waals surface area contributed by atoms with Crippen LogP contribution in [0.1, 0.15) is 209 Å². The quantitative estimate of drug-likeness (QED) is 0.00190. The molecule has 148 heavy (non-hydrogen) atoms. The van der Waals surface area contributed by atoms with E-state index < -0.39 is 30.1 Å². The molecule has 2 aliphatic rings. The number of nitrogens with two attached hydrogens (primary N) is 2. The predicted molar refractivity (Wildman–Crippen MR) is 600 cm³/mol. The number of ether oxygens (including phenoxy) is 3. The van der Waals surface area contributed by atoms with Gasteiger partial charge in [0.1, 0.15) is 38.2 Å². The summed E-state index contributed by atoms with van der Waals surface area (Å²) >= 11 is 44.1. The number of hydrogen-bond acceptors (Lipinski definition) is 24. The normalized spacial score (nSPS) is 11.4. The van der Waals surface area contributed by atoms with Crippen LogP contribution >= 0.6 is 137 Å². The smallest absolute Gasteiger partial charge is 1.00 e. The van der Waals surface area contributed by atoms with Crippen LogP contribution in [0, 0.1) is 16.6 Å². The van der Waals surface area contributed by atoms with Gasteiger partial charge >= 0.3 is 36.8 Å². The van der Waals surface area contributed by atoms with Crippen LogP contribution in [0.2, 0.25) is 20.1 Å². The molecular weight excluding hydrogens is 2410 g/mol. The Morgan fingerprint density at radius 2 is 0.838 bits per heavy atom. The molecule has 2 aliphatic carbocycles. The van der Waals surface area contributed by atoms with E-state index in [0.717, 1.165) is 110 Å². The number of esters is 3. The van der Waals surface area contributed by atoms with Gasteiger partial charge in [-0.15, -0.1) is 0 Å². The van der Waals surface area contributed by atoms with Crippen LogP contribution < -0.4 is 65.6 Å². The van der Waals surface area contributed by atoms with Crippen LogP contribution in [0.4, 0.5) is 0 Å². The third-order valence-electron chi connectivity index (χ3n) is 21.4. The van der Waals surface area contributed by atoms with Gasteiger partial charge in [0.05, 0.1) is 81.4 Å². The number of carbonyl (C=O) groups is 8. The van der Waals surface area contributed by atoms with Crippen molar-refractivity contribution < 1.29 is 102 Å². The minimum atomic E-state index is -0.952. The summed E-state index contributed by atoms with van der Waals surface area (Å²) in [6, 6.07) is 67.9. The van der Waals surface area contributed by atoms with Crippen LogP contribution in [0.3, 0.4) is 0 Å². The third kappa shape index (κ3) is 46.2. The molecule has 783 valence electrons.